The molecule has 4 unspecified atom stereocenters. The molecule has 0 aromatic rings. The number of rotatable bonds is 45. The SMILES string of the molecule is CCCCCCCCCCCCCCCCCCCCCCCCCCCC(=O)N[C@@H](CO[C@@H]1O[C@H](CO)[C@@H](O[C@@H]2O[C@H](CO)[C@H](O)C(O)C2O)C(O)C1O)[C@H](O)CCCCCCCCCCC. The Morgan fingerprint density at radius 1 is 0.471 bits per heavy atom. The first kappa shape index (κ1) is 63.1. The molecule has 2 aliphatic rings. The molecule has 404 valence electrons. The van der Waals surface area contributed by atoms with Crippen molar-refractivity contribution in [3.63, 3.8) is 0 Å². The molecule has 0 saturated carbocycles. The van der Waals surface area contributed by atoms with Crippen molar-refractivity contribution in [3.05, 3.63) is 0 Å². The zero-order chi connectivity index (χ0) is 49.6. The molecular formula is C54H105NO13. The largest absolute Gasteiger partial charge is 0.394 e. The topological polar surface area (TPSA) is 228 Å². The minimum absolute atomic E-state index is 0.204. The van der Waals surface area contributed by atoms with Crippen LogP contribution in [0.1, 0.15) is 245 Å². The zero-order valence-electron chi connectivity index (χ0n) is 43.1. The smallest absolute Gasteiger partial charge is 0.220 e. The summed E-state index contributed by atoms with van der Waals surface area (Å²) >= 11 is 0. The first-order chi connectivity index (χ1) is 33.1. The van der Waals surface area contributed by atoms with Crippen LogP contribution in [-0.4, -0.2) is 140 Å². The monoisotopic (exact) mass is 976 g/mol. The highest BCUT2D eigenvalue weighted by molar-refractivity contribution is 5.76. The van der Waals surface area contributed by atoms with Gasteiger partial charge >= 0.3 is 0 Å². The molecule has 0 aromatic carbocycles. The molecule has 0 aliphatic carbocycles. The van der Waals surface area contributed by atoms with E-state index in [-0.39, 0.29) is 12.5 Å². The van der Waals surface area contributed by atoms with Crippen LogP contribution in [-0.2, 0) is 23.7 Å². The summed E-state index contributed by atoms with van der Waals surface area (Å²) in [5, 5.41) is 86.8. The van der Waals surface area contributed by atoms with Crippen molar-refractivity contribution in [2.75, 3.05) is 19.8 Å². The van der Waals surface area contributed by atoms with Crippen LogP contribution in [0.3, 0.4) is 0 Å². The summed E-state index contributed by atoms with van der Waals surface area (Å²) in [5.41, 5.74) is 0. The van der Waals surface area contributed by atoms with Gasteiger partial charge in [0.2, 0.25) is 5.91 Å². The van der Waals surface area contributed by atoms with Crippen LogP contribution in [0.15, 0.2) is 0 Å². The minimum Gasteiger partial charge on any atom is -0.394 e. The van der Waals surface area contributed by atoms with Crippen molar-refractivity contribution in [2.24, 2.45) is 0 Å². The van der Waals surface area contributed by atoms with Crippen molar-refractivity contribution >= 4 is 5.91 Å². The van der Waals surface area contributed by atoms with E-state index < -0.39 is 86.8 Å². The van der Waals surface area contributed by atoms with E-state index in [4.69, 9.17) is 18.9 Å². The Labute approximate surface area is 413 Å². The number of unbranched alkanes of at least 4 members (excludes halogenated alkanes) is 32. The Hall–Kier alpha value is -1.01. The summed E-state index contributed by atoms with van der Waals surface area (Å²) < 4.78 is 22.7. The average molecular weight is 976 g/mol. The number of hydrogen-bond acceptors (Lipinski definition) is 13. The number of carbonyl (C=O) groups excluding carboxylic acids is 1. The number of aliphatic hydroxyl groups is 8. The quantitative estimate of drug-likeness (QED) is 0.0261. The number of nitrogens with one attached hydrogen (secondary N) is 1. The van der Waals surface area contributed by atoms with Crippen LogP contribution >= 0.6 is 0 Å². The van der Waals surface area contributed by atoms with Gasteiger partial charge in [-0.2, -0.15) is 0 Å². The maximum Gasteiger partial charge on any atom is 0.220 e. The molecule has 1 amide bonds. The third-order valence-corrected chi connectivity index (χ3v) is 14.3. The summed E-state index contributed by atoms with van der Waals surface area (Å²) in [6.45, 7) is 2.85. The van der Waals surface area contributed by atoms with Gasteiger partial charge in [0.05, 0.1) is 32.0 Å². The molecule has 2 rings (SSSR count). The second-order valence-electron chi connectivity index (χ2n) is 20.4. The predicted octanol–water partition coefficient (Wildman–Crippen LogP) is 8.56. The molecule has 68 heavy (non-hydrogen) atoms. The fraction of sp³-hybridized carbons (Fsp3) is 0.981. The molecular weight excluding hydrogens is 871 g/mol. The summed E-state index contributed by atoms with van der Waals surface area (Å²) in [6, 6.07) is -0.820. The maximum atomic E-state index is 13.2. The van der Waals surface area contributed by atoms with Crippen molar-refractivity contribution in [1.82, 2.24) is 5.32 Å². The molecule has 0 spiro atoms. The number of hydrogen-bond donors (Lipinski definition) is 9. The van der Waals surface area contributed by atoms with Crippen molar-refractivity contribution in [2.45, 2.75) is 319 Å². The van der Waals surface area contributed by atoms with Gasteiger partial charge in [-0.15, -0.1) is 0 Å². The highest BCUT2D eigenvalue weighted by atomic mass is 16.7. The van der Waals surface area contributed by atoms with E-state index in [1.165, 1.54) is 167 Å². The summed E-state index contributed by atoms with van der Waals surface area (Å²) in [5.74, 6) is -0.204. The van der Waals surface area contributed by atoms with Gasteiger partial charge in [-0.3, -0.25) is 4.79 Å². The first-order valence-corrected chi connectivity index (χ1v) is 28.3. The fourth-order valence-electron chi connectivity index (χ4n) is 9.71. The Balaban J connectivity index is 1.67. The molecule has 2 saturated heterocycles. The molecule has 14 heteroatoms. The molecule has 2 aliphatic heterocycles. The van der Waals surface area contributed by atoms with Crippen LogP contribution in [0.2, 0.25) is 0 Å². The zero-order valence-corrected chi connectivity index (χ0v) is 43.1. The standard InChI is InChI=1S/C54H105NO13/c1-3-5-7-9-11-13-14-15-16-17-18-19-20-21-22-23-24-25-26-27-28-30-32-34-36-38-46(59)55-42(43(58)37-35-33-31-29-12-10-8-6-4-2)41-65-53-51(64)49(62)52(45(40-57)67-53)68-54-50(63)48(61)47(60)44(39-56)66-54/h42-45,47-54,56-58,60-64H,3-41H2,1-2H3,(H,55,59)/t42-,43+,44+,45+,47-,48?,49?,50?,51?,52+,53+,54-/m0/s1. The second-order valence-corrected chi connectivity index (χ2v) is 20.4. The highest BCUT2D eigenvalue weighted by Gasteiger charge is 2.51. The lowest BCUT2D eigenvalue weighted by Crippen LogP contribution is -2.65. The molecule has 0 aromatic heterocycles. The predicted molar refractivity (Wildman–Crippen MR) is 268 cm³/mol. The number of amides is 1. The molecule has 0 radical (unpaired) electrons. The normalized spacial score (nSPS) is 26.3. The van der Waals surface area contributed by atoms with Crippen molar-refractivity contribution in [1.29, 1.82) is 0 Å². The minimum atomic E-state index is -1.78. The van der Waals surface area contributed by atoms with Gasteiger partial charge in [-0.1, -0.05) is 226 Å². The lowest BCUT2D eigenvalue weighted by Gasteiger charge is -2.46. The van der Waals surface area contributed by atoms with Gasteiger partial charge in [-0.05, 0) is 12.8 Å². The summed E-state index contributed by atoms with van der Waals surface area (Å²) in [6.07, 6.45) is 27.1. The van der Waals surface area contributed by atoms with E-state index in [1.54, 1.807) is 0 Å². The Morgan fingerprint density at radius 2 is 0.838 bits per heavy atom. The fourth-order valence-corrected chi connectivity index (χ4v) is 9.71. The van der Waals surface area contributed by atoms with E-state index in [0.29, 0.717) is 12.8 Å². The molecule has 2 heterocycles. The average Bonchev–Trinajstić information content (AvgIpc) is 3.34. The number of ether oxygens (including phenoxy) is 4. The Morgan fingerprint density at radius 3 is 1.25 bits per heavy atom. The molecule has 14 nitrogen and oxygen atoms in total. The maximum absolute atomic E-state index is 13.2. The lowest BCUT2D eigenvalue weighted by molar-refractivity contribution is -0.359. The van der Waals surface area contributed by atoms with Gasteiger partial charge in [0.15, 0.2) is 12.6 Å². The van der Waals surface area contributed by atoms with Gasteiger partial charge < -0.3 is 65.1 Å². The summed E-state index contributed by atoms with van der Waals surface area (Å²) in [4.78, 5) is 13.2. The third-order valence-electron chi connectivity index (χ3n) is 14.3. The van der Waals surface area contributed by atoms with Crippen LogP contribution in [0.5, 0.6) is 0 Å². The Kier molecular flexibility index (Phi) is 38.5. The molecule has 12 atom stereocenters. The van der Waals surface area contributed by atoms with Gasteiger partial charge in [0.1, 0.15) is 48.8 Å². The van der Waals surface area contributed by atoms with Crippen LogP contribution in [0, 0.1) is 0 Å². The Bertz CT molecular complexity index is 1150. The molecule has 9 N–H and O–H groups in total. The van der Waals surface area contributed by atoms with Gasteiger partial charge in [-0.25, -0.2) is 0 Å². The van der Waals surface area contributed by atoms with E-state index in [0.717, 1.165) is 51.4 Å². The third kappa shape index (κ3) is 27.7. The second kappa shape index (κ2) is 41.5. The number of aliphatic hydroxyl groups excluding tert-OH is 8. The van der Waals surface area contributed by atoms with Crippen LogP contribution in [0.25, 0.3) is 0 Å². The number of carbonyl (C=O) groups is 1. The van der Waals surface area contributed by atoms with E-state index in [1.807, 2.05) is 0 Å². The van der Waals surface area contributed by atoms with E-state index in [9.17, 15) is 45.6 Å². The lowest BCUT2D eigenvalue weighted by atomic mass is 9.97. The first-order valence-electron chi connectivity index (χ1n) is 28.3. The summed E-state index contributed by atoms with van der Waals surface area (Å²) in [7, 11) is 0. The van der Waals surface area contributed by atoms with Crippen LogP contribution < -0.4 is 5.32 Å². The highest BCUT2D eigenvalue weighted by Crippen LogP contribution is 2.30. The van der Waals surface area contributed by atoms with Crippen molar-refractivity contribution in [3.8, 4) is 0 Å². The molecule has 0 bridgehead atoms. The molecule has 2 fully saturated rings. The van der Waals surface area contributed by atoms with Crippen LogP contribution in [0.4, 0.5) is 0 Å². The van der Waals surface area contributed by atoms with E-state index >= 15 is 0 Å². The van der Waals surface area contributed by atoms with Gasteiger partial charge in [0.25, 0.3) is 0 Å². The van der Waals surface area contributed by atoms with Gasteiger partial charge in [0, 0.05) is 6.42 Å². The van der Waals surface area contributed by atoms with E-state index in [2.05, 4.69) is 19.2 Å². The van der Waals surface area contributed by atoms with Crippen molar-refractivity contribution < 1.29 is 64.6 Å².